The second-order valence-electron chi connectivity index (χ2n) is 5.34. The number of hydrogen-bond acceptors (Lipinski definition) is 5. The maximum Gasteiger partial charge on any atom is 0.214 e. The number of aromatic nitrogens is 4. The minimum Gasteiger partial charge on any atom is -0.313 e. The third-order valence-electron chi connectivity index (χ3n) is 3.48. The molecule has 2 aromatic carbocycles. The molecule has 5 nitrogen and oxygen atoms in total. The minimum absolute atomic E-state index is 0. The van der Waals surface area contributed by atoms with E-state index in [-0.39, 0.29) is 12.4 Å². The normalized spacial score (nSPS) is 10.5. The smallest absolute Gasteiger partial charge is 0.214 e. The Kier molecular flexibility index (Phi) is 8.68. The van der Waals surface area contributed by atoms with Crippen LogP contribution in [0.1, 0.15) is 12.0 Å². The number of nitrogens with zero attached hydrogens (tertiary/aromatic N) is 4. The summed E-state index contributed by atoms with van der Waals surface area (Å²) in [5.74, 6) is 0.932. The fraction of sp³-hybridized carbons (Fsp3) is 0.235. The van der Waals surface area contributed by atoms with E-state index in [9.17, 15) is 0 Å². The number of nitrogens with one attached hydrogen (secondary N) is 1. The summed E-state index contributed by atoms with van der Waals surface area (Å²) in [5.41, 5.74) is 2.09. The van der Waals surface area contributed by atoms with Crippen molar-refractivity contribution >= 4 is 47.4 Å². The van der Waals surface area contributed by atoms with Crippen molar-refractivity contribution in [2.75, 3.05) is 12.3 Å². The molecular weight excluding hydrogens is 413 g/mol. The summed E-state index contributed by atoms with van der Waals surface area (Å²) in [6.07, 6.45) is 1.01. The molecule has 0 aliphatic heterocycles. The van der Waals surface area contributed by atoms with Crippen LogP contribution in [-0.2, 0) is 6.54 Å². The molecule has 0 amide bonds. The third-order valence-corrected chi connectivity index (χ3v) is 5.23. The molecule has 3 aromatic rings. The van der Waals surface area contributed by atoms with Gasteiger partial charge in [0.15, 0.2) is 0 Å². The topological polar surface area (TPSA) is 55.6 Å². The van der Waals surface area contributed by atoms with Crippen molar-refractivity contribution in [3.63, 3.8) is 0 Å². The van der Waals surface area contributed by atoms with E-state index in [4.69, 9.17) is 23.2 Å². The Hall–Kier alpha value is -1.31. The van der Waals surface area contributed by atoms with Crippen molar-refractivity contribution < 1.29 is 0 Å². The van der Waals surface area contributed by atoms with Gasteiger partial charge in [-0.3, -0.25) is 0 Å². The Bertz CT molecular complexity index is 813. The average Bonchev–Trinajstić information content (AvgIpc) is 3.10. The molecule has 0 saturated heterocycles. The van der Waals surface area contributed by atoms with E-state index in [0.29, 0.717) is 10.0 Å². The molecule has 0 bridgehead atoms. The first-order chi connectivity index (χ1) is 12.2. The molecule has 1 N–H and O–H groups in total. The van der Waals surface area contributed by atoms with E-state index >= 15 is 0 Å². The van der Waals surface area contributed by atoms with Crippen molar-refractivity contribution in [3.05, 3.63) is 64.1 Å². The van der Waals surface area contributed by atoms with Gasteiger partial charge in [-0.1, -0.05) is 59.2 Å². The maximum atomic E-state index is 6.01. The molecule has 0 fully saturated rings. The standard InChI is InChI=1S/C17H17Cl2N5S.ClH/c18-15-8-7-13(11-16(15)19)12-20-9-4-10-25-17-21-22-23-24(17)14-5-2-1-3-6-14;/h1-3,5-8,11,20H,4,9-10,12H2;1H. The first-order valence-corrected chi connectivity index (χ1v) is 9.59. The zero-order valence-electron chi connectivity index (χ0n) is 13.8. The van der Waals surface area contributed by atoms with Gasteiger partial charge in [-0.25, -0.2) is 0 Å². The van der Waals surface area contributed by atoms with Gasteiger partial charge < -0.3 is 5.32 Å². The van der Waals surface area contributed by atoms with Crippen molar-refractivity contribution in [3.8, 4) is 5.69 Å². The van der Waals surface area contributed by atoms with Crippen LogP contribution < -0.4 is 5.32 Å². The van der Waals surface area contributed by atoms with Gasteiger partial charge in [0.25, 0.3) is 0 Å². The molecule has 1 aromatic heterocycles. The highest BCUT2D eigenvalue weighted by atomic mass is 35.5. The summed E-state index contributed by atoms with van der Waals surface area (Å²) in [6, 6.07) is 15.6. The Balaban J connectivity index is 0.00000243. The van der Waals surface area contributed by atoms with Gasteiger partial charge in [-0.15, -0.1) is 17.5 Å². The lowest BCUT2D eigenvalue weighted by Gasteiger charge is -2.06. The highest BCUT2D eigenvalue weighted by Gasteiger charge is 2.08. The molecule has 0 radical (unpaired) electrons. The largest absolute Gasteiger partial charge is 0.313 e. The zero-order valence-corrected chi connectivity index (χ0v) is 17.0. The van der Waals surface area contributed by atoms with E-state index in [2.05, 4.69) is 20.8 Å². The maximum absolute atomic E-state index is 6.01. The first-order valence-electron chi connectivity index (χ1n) is 7.85. The Morgan fingerprint density at radius 3 is 2.62 bits per heavy atom. The van der Waals surface area contributed by atoms with Crippen LogP contribution in [0.3, 0.4) is 0 Å². The number of halogens is 3. The molecule has 1 heterocycles. The number of para-hydroxylation sites is 1. The van der Waals surface area contributed by atoms with Gasteiger partial charge in [0.05, 0.1) is 15.7 Å². The second kappa shape index (κ2) is 10.7. The molecule has 0 aliphatic rings. The predicted octanol–water partition coefficient (Wildman–Crippen LogP) is 4.66. The molecule has 0 aliphatic carbocycles. The van der Waals surface area contributed by atoms with Gasteiger partial charge in [0.1, 0.15) is 0 Å². The molecule has 26 heavy (non-hydrogen) atoms. The van der Waals surface area contributed by atoms with Crippen LogP contribution in [0.2, 0.25) is 10.0 Å². The van der Waals surface area contributed by atoms with Crippen molar-refractivity contribution in [1.29, 1.82) is 0 Å². The van der Waals surface area contributed by atoms with Gasteiger partial charge in [0, 0.05) is 12.3 Å². The Morgan fingerprint density at radius 2 is 1.85 bits per heavy atom. The van der Waals surface area contributed by atoms with Crippen molar-refractivity contribution in [2.45, 2.75) is 18.1 Å². The fourth-order valence-electron chi connectivity index (χ4n) is 2.24. The molecule has 0 saturated carbocycles. The Morgan fingerprint density at radius 1 is 1.04 bits per heavy atom. The van der Waals surface area contributed by atoms with E-state index in [1.165, 1.54) is 0 Å². The van der Waals surface area contributed by atoms with Crippen LogP contribution in [0, 0.1) is 0 Å². The van der Waals surface area contributed by atoms with Gasteiger partial charge in [-0.05, 0) is 53.2 Å². The lowest BCUT2D eigenvalue weighted by atomic mass is 10.2. The molecule has 0 atom stereocenters. The summed E-state index contributed by atoms with van der Waals surface area (Å²) in [6.45, 7) is 1.67. The van der Waals surface area contributed by atoms with Crippen LogP contribution in [0.15, 0.2) is 53.7 Å². The van der Waals surface area contributed by atoms with Crippen LogP contribution >= 0.6 is 47.4 Å². The van der Waals surface area contributed by atoms with E-state index < -0.39 is 0 Å². The second-order valence-corrected chi connectivity index (χ2v) is 7.21. The number of tetrazole rings is 1. The SMILES string of the molecule is Cl.Clc1ccc(CNCCCSc2nnnn2-c2ccccc2)cc1Cl. The van der Waals surface area contributed by atoms with E-state index in [1.807, 2.05) is 48.5 Å². The third kappa shape index (κ3) is 5.86. The van der Waals surface area contributed by atoms with Gasteiger partial charge >= 0.3 is 0 Å². The summed E-state index contributed by atoms with van der Waals surface area (Å²) in [7, 11) is 0. The highest BCUT2D eigenvalue weighted by Crippen LogP contribution is 2.22. The fourth-order valence-corrected chi connectivity index (χ4v) is 3.39. The monoisotopic (exact) mass is 429 g/mol. The highest BCUT2D eigenvalue weighted by molar-refractivity contribution is 7.99. The van der Waals surface area contributed by atoms with Gasteiger partial charge in [0.2, 0.25) is 5.16 Å². The number of thioether (sulfide) groups is 1. The van der Waals surface area contributed by atoms with Gasteiger partial charge in [-0.2, -0.15) is 4.68 Å². The number of rotatable bonds is 8. The summed E-state index contributed by atoms with van der Waals surface area (Å²) < 4.78 is 1.76. The van der Waals surface area contributed by atoms with Crippen LogP contribution in [-0.4, -0.2) is 32.5 Å². The van der Waals surface area contributed by atoms with Crippen LogP contribution in [0.4, 0.5) is 0 Å². The summed E-state index contributed by atoms with van der Waals surface area (Å²) >= 11 is 13.6. The zero-order chi connectivity index (χ0) is 17.5. The number of hydrogen-bond donors (Lipinski definition) is 1. The lowest BCUT2D eigenvalue weighted by molar-refractivity contribution is 0.678. The Labute approximate surface area is 172 Å². The average molecular weight is 431 g/mol. The molecule has 0 unspecified atom stereocenters. The van der Waals surface area contributed by atoms with Crippen molar-refractivity contribution in [1.82, 2.24) is 25.5 Å². The lowest BCUT2D eigenvalue weighted by Crippen LogP contribution is -2.15. The van der Waals surface area contributed by atoms with Crippen LogP contribution in [0.5, 0.6) is 0 Å². The quantitative estimate of drug-likeness (QED) is 0.416. The molecular formula is C17H18Cl3N5S. The molecule has 3 rings (SSSR count). The molecule has 0 spiro atoms. The van der Waals surface area contributed by atoms with E-state index in [0.717, 1.165) is 41.7 Å². The van der Waals surface area contributed by atoms with Crippen molar-refractivity contribution in [2.24, 2.45) is 0 Å². The van der Waals surface area contributed by atoms with Crippen LogP contribution in [0.25, 0.3) is 5.69 Å². The molecule has 9 heteroatoms. The first kappa shape index (κ1) is 21.0. The molecule has 138 valence electrons. The number of benzene rings is 2. The minimum atomic E-state index is 0. The summed E-state index contributed by atoms with van der Waals surface area (Å²) in [4.78, 5) is 0. The van der Waals surface area contributed by atoms with E-state index in [1.54, 1.807) is 16.4 Å². The predicted molar refractivity (Wildman–Crippen MR) is 110 cm³/mol. The summed E-state index contributed by atoms with van der Waals surface area (Å²) in [5, 5.41) is 17.3.